The highest BCUT2D eigenvalue weighted by atomic mass is 35.5. The molecule has 1 aromatic carbocycles. The maximum absolute atomic E-state index is 13.2. The number of aliphatic imine (C=N–C) groups is 1. The lowest BCUT2D eigenvalue weighted by molar-refractivity contribution is -0.121. The second kappa shape index (κ2) is 11.3. The van der Waals surface area contributed by atoms with E-state index in [9.17, 15) is 13.2 Å². The van der Waals surface area contributed by atoms with E-state index < -0.39 is 10.0 Å². The smallest absolute Gasteiger partial charge is 0.281 e. The fourth-order valence-corrected chi connectivity index (χ4v) is 6.25. The standard InChI is InChI=1S/C22H24N6O4S2.2ClH/c1-27(34(30,31)20-5-3-4-7-23-20)18-11-15(32-2)9-14-10-17(25-21(14)18)22-24-12-16(33-22)13-28-8-6-19(29)26-28;;/h3-5,7,9-11,16,25H,6,8,12-13H2,1-2H3,(H,26,29);2*1H. The van der Waals surface area contributed by atoms with Crippen molar-refractivity contribution in [3.05, 3.63) is 48.3 Å². The van der Waals surface area contributed by atoms with Gasteiger partial charge in [0, 0.05) is 49.5 Å². The minimum Gasteiger partial charge on any atom is -0.497 e. The highest BCUT2D eigenvalue weighted by molar-refractivity contribution is 8.15. The number of thioether (sulfide) groups is 1. The van der Waals surface area contributed by atoms with Gasteiger partial charge in [0.25, 0.3) is 10.0 Å². The molecular formula is C22H26Cl2N6O4S2. The zero-order valence-electron chi connectivity index (χ0n) is 19.5. The van der Waals surface area contributed by atoms with Crippen LogP contribution < -0.4 is 14.5 Å². The number of H-pyrrole nitrogens is 1. The normalized spacial score (nSPS) is 17.8. The summed E-state index contributed by atoms with van der Waals surface area (Å²) in [6, 6.07) is 10.3. The van der Waals surface area contributed by atoms with Crippen LogP contribution in [-0.2, 0) is 14.8 Å². The van der Waals surface area contributed by atoms with Gasteiger partial charge in [-0.15, -0.1) is 24.8 Å². The zero-order valence-corrected chi connectivity index (χ0v) is 22.8. The van der Waals surface area contributed by atoms with Gasteiger partial charge in [0.2, 0.25) is 5.91 Å². The third-order valence-corrected chi connectivity index (χ3v) is 8.67. The summed E-state index contributed by atoms with van der Waals surface area (Å²) in [5, 5.41) is 3.79. The summed E-state index contributed by atoms with van der Waals surface area (Å²) in [5.41, 5.74) is 4.78. The number of hydrazine groups is 1. The van der Waals surface area contributed by atoms with E-state index in [1.165, 1.54) is 23.6 Å². The van der Waals surface area contributed by atoms with Crippen LogP contribution in [-0.4, -0.2) is 73.4 Å². The highest BCUT2D eigenvalue weighted by Crippen LogP contribution is 2.36. The minimum absolute atomic E-state index is 0. The molecule has 0 bridgehead atoms. The predicted octanol–water partition coefficient (Wildman–Crippen LogP) is 2.84. The quantitative estimate of drug-likeness (QED) is 0.446. The summed E-state index contributed by atoms with van der Waals surface area (Å²) in [7, 11) is -0.827. The van der Waals surface area contributed by atoms with Crippen molar-refractivity contribution < 1.29 is 17.9 Å². The van der Waals surface area contributed by atoms with E-state index in [1.807, 2.05) is 17.1 Å². The van der Waals surface area contributed by atoms with Crippen LogP contribution in [0.1, 0.15) is 12.1 Å². The topological polar surface area (TPSA) is 120 Å². The molecule has 2 N–H and O–H groups in total. The molecule has 5 rings (SSSR count). The van der Waals surface area contributed by atoms with Crippen molar-refractivity contribution in [1.82, 2.24) is 20.4 Å². The first-order chi connectivity index (χ1) is 16.3. The van der Waals surface area contributed by atoms with Crippen molar-refractivity contribution in [2.45, 2.75) is 16.7 Å². The van der Waals surface area contributed by atoms with Gasteiger partial charge in [0.1, 0.15) is 10.8 Å². The monoisotopic (exact) mass is 572 g/mol. The number of amides is 1. The number of nitrogens with zero attached hydrogens (tertiary/aromatic N) is 4. The van der Waals surface area contributed by atoms with Gasteiger partial charge in [0.15, 0.2) is 5.03 Å². The number of nitrogens with one attached hydrogen (secondary N) is 2. The summed E-state index contributed by atoms with van der Waals surface area (Å²) in [4.78, 5) is 23.5. The van der Waals surface area contributed by atoms with Gasteiger partial charge >= 0.3 is 0 Å². The molecule has 1 fully saturated rings. The number of carbonyl (C=O) groups excluding carboxylic acids is 1. The van der Waals surface area contributed by atoms with E-state index in [1.54, 1.807) is 37.1 Å². The zero-order chi connectivity index (χ0) is 23.9. The number of hydrogen-bond donors (Lipinski definition) is 2. The van der Waals surface area contributed by atoms with E-state index in [4.69, 9.17) is 9.73 Å². The minimum atomic E-state index is -3.87. The summed E-state index contributed by atoms with van der Waals surface area (Å²) in [6.45, 7) is 2.07. The van der Waals surface area contributed by atoms with Crippen molar-refractivity contribution in [3.63, 3.8) is 0 Å². The molecule has 2 aliphatic heterocycles. The molecular weight excluding hydrogens is 547 g/mol. The molecule has 0 radical (unpaired) electrons. The molecule has 3 aromatic rings. The van der Waals surface area contributed by atoms with E-state index in [2.05, 4.69) is 15.4 Å². The van der Waals surface area contributed by atoms with Crippen molar-refractivity contribution in [3.8, 4) is 5.75 Å². The number of ether oxygens (including phenoxy) is 1. The summed E-state index contributed by atoms with van der Waals surface area (Å²) in [6.07, 6.45) is 1.97. The van der Waals surface area contributed by atoms with Crippen LogP contribution in [0.5, 0.6) is 5.75 Å². The van der Waals surface area contributed by atoms with E-state index in [0.717, 1.165) is 16.1 Å². The number of aromatic nitrogens is 2. The first-order valence-electron chi connectivity index (χ1n) is 10.7. The van der Waals surface area contributed by atoms with Crippen molar-refractivity contribution >= 4 is 74.1 Å². The van der Waals surface area contributed by atoms with Crippen molar-refractivity contribution in [2.24, 2.45) is 4.99 Å². The number of aromatic amines is 1. The molecule has 0 spiro atoms. The number of pyridine rings is 1. The lowest BCUT2D eigenvalue weighted by Crippen LogP contribution is -2.38. The summed E-state index contributed by atoms with van der Waals surface area (Å²) < 4.78 is 33.1. The van der Waals surface area contributed by atoms with Gasteiger partial charge in [-0.05, 0) is 24.3 Å². The first-order valence-corrected chi connectivity index (χ1v) is 13.0. The van der Waals surface area contributed by atoms with Crippen molar-refractivity contribution in [2.75, 3.05) is 38.1 Å². The van der Waals surface area contributed by atoms with Gasteiger partial charge in [0.05, 0.1) is 30.6 Å². The third kappa shape index (κ3) is 5.42. The molecule has 4 heterocycles. The van der Waals surface area contributed by atoms with E-state index in [-0.39, 0.29) is 41.0 Å². The highest BCUT2D eigenvalue weighted by Gasteiger charge is 2.29. The second-order valence-corrected chi connectivity index (χ2v) is 11.3. The number of halogens is 2. The fourth-order valence-electron chi connectivity index (χ4n) is 4.02. The van der Waals surface area contributed by atoms with Gasteiger partial charge in [-0.1, -0.05) is 17.8 Å². The van der Waals surface area contributed by atoms with Crippen LogP contribution in [0, 0.1) is 0 Å². The Morgan fingerprint density at radius 1 is 1.25 bits per heavy atom. The Morgan fingerprint density at radius 3 is 2.72 bits per heavy atom. The van der Waals surface area contributed by atoms with Crippen LogP contribution in [0.2, 0.25) is 0 Å². The van der Waals surface area contributed by atoms with Gasteiger partial charge in [-0.3, -0.25) is 19.5 Å². The lowest BCUT2D eigenvalue weighted by Gasteiger charge is -2.20. The number of hydrogen-bond acceptors (Lipinski definition) is 8. The van der Waals surface area contributed by atoms with Crippen LogP contribution in [0.15, 0.2) is 52.6 Å². The maximum atomic E-state index is 13.2. The summed E-state index contributed by atoms with van der Waals surface area (Å²) in [5.74, 6) is 0.589. The van der Waals surface area contributed by atoms with Crippen molar-refractivity contribution in [1.29, 1.82) is 0 Å². The molecule has 1 unspecified atom stereocenters. The average Bonchev–Trinajstić information content (AvgIpc) is 3.58. The Labute approximate surface area is 225 Å². The number of methoxy groups -OCH3 is 1. The van der Waals surface area contributed by atoms with Crippen LogP contribution >= 0.6 is 36.6 Å². The fraction of sp³-hybridized carbons (Fsp3) is 0.318. The lowest BCUT2D eigenvalue weighted by atomic mass is 10.2. The Hall–Kier alpha value is -2.51. The van der Waals surface area contributed by atoms with E-state index >= 15 is 0 Å². The van der Waals surface area contributed by atoms with Crippen LogP contribution in [0.3, 0.4) is 0 Å². The first kappa shape index (κ1) is 28.1. The molecule has 10 nitrogen and oxygen atoms in total. The molecule has 1 saturated heterocycles. The second-order valence-electron chi connectivity index (χ2n) is 8.05. The Kier molecular flexibility index (Phi) is 8.78. The number of rotatable bonds is 7. The predicted molar refractivity (Wildman–Crippen MR) is 146 cm³/mol. The molecule has 36 heavy (non-hydrogen) atoms. The number of benzene rings is 1. The largest absolute Gasteiger partial charge is 0.497 e. The summed E-state index contributed by atoms with van der Waals surface area (Å²) >= 11 is 1.65. The molecule has 0 saturated carbocycles. The molecule has 1 atom stereocenters. The Morgan fingerprint density at radius 2 is 2.06 bits per heavy atom. The molecule has 0 aliphatic carbocycles. The number of carbonyl (C=O) groups is 1. The number of sulfonamides is 1. The van der Waals surface area contributed by atoms with E-state index in [0.29, 0.717) is 43.0 Å². The van der Waals surface area contributed by atoms with Gasteiger partial charge in [-0.25, -0.2) is 9.99 Å². The molecule has 2 aliphatic rings. The molecule has 1 amide bonds. The molecule has 2 aromatic heterocycles. The Bertz CT molecular complexity index is 1380. The average molecular weight is 574 g/mol. The van der Waals surface area contributed by atoms with Crippen LogP contribution in [0.4, 0.5) is 5.69 Å². The van der Waals surface area contributed by atoms with Crippen LogP contribution in [0.25, 0.3) is 10.9 Å². The third-order valence-electron chi connectivity index (χ3n) is 5.78. The number of anilines is 1. The Balaban J connectivity index is 0.00000180. The number of fused-ring (bicyclic) bond motifs is 1. The molecule has 14 heteroatoms. The SMILES string of the molecule is COc1cc(N(C)S(=O)(=O)c2ccccn2)c2[nH]c(C3=NCC(CN4CCC(=O)N4)S3)cc2c1.Cl.Cl. The van der Waals surface area contributed by atoms with Gasteiger partial charge < -0.3 is 9.72 Å². The maximum Gasteiger partial charge on any atom is 0.281 e. The van der Waals surface area contributed by atoms with Gasteiger partial charge in [-0.2, -0.15) is 8.42 Å². The molecule has 194 valence electrons.